The minimum atomic E-state index is 0.340. The highest BCUT2D eigenvalue weighted by Crippen LogP contribution is 2.26. The molecule has 0 radical (unpaired) electrons. The van der Waals surface area contributed by atoms with Crippen molar-refractivity contribution in [2.75, 3.05) is 19.6 Å². The fourth-order valence-electron chi connectivity index (χ4n) is 3.03. The topological polar surface area (TPSA) is 53.9 Å². The van der Waals surface area contributed by atoms with Gasteiger partial charge >= 0.3 is 0 Å². The Morgan fingerprint density at radius 1 is 1.21 bits per heavy atom. The molecule has 1 aliphatic heterocycles. The van der Waals surface area contributed by atoms with Crippen LogP contribution < -0.4 is 5.32 Å². The Labute approximate surface area is 145 Å². The summed E-state index contributed by atoms with van der Waals surface area (Å²) in [5.74, 6) is 0. The van der Waals surface area contributed by atoms with Gasteiger partial charge in [0.05, 0.1) is 11.4 Å². The van der Waals surface area contributed by atoms with E-state index in [-0.39, 0.29) is 0 Å². The zero-order chi connectivity index (χ0) is 16.2. The minimum absolute atomic E-state index is 0.340. The van der Waals surface area contributed by atoms with Gasteiger partial charge in [0.25, 0.3) is 0 Å². The molecule has 1 atom stereocenters. The second-order valence-corrected chi connectivity index (χ2v) is 6.69. The van der Waals surface area contributed by atoms with Crippen molar-refractivity contribution in [3.63, 3.8) is 0 Å². The first kappa shape index (κ1) is 15.4. The summed E-state index contributed by atoms with van der Waals surface area (Å²) < 4.78 is 0. The first-order chi connectivity index (χ1) is 11.9. The van der Waals surface area contributed by atoms with Gasteiger partial charge in [0, 0.05) is 56.2 Å². The number of rotatable bonds is 4. The van der Waals surface area contributed by atoms with Crippen LogP contribution in [-0.2, 0) is 6.54 Å². The van der Waals surface area contributed by atoms with E-state index in [1.807, 2.05) is 42.9 Å². The molecule has 0 aliphatic carbocycles. The lowest BCUT2D eigenvalue weighted by Crippen LogP contribution is -2.45. The van der Waals surface area contributed by atoms with Gasteiger partial charge in [-0.15, -0.1) is 11.3 Å². The number of nitrogens with zero attached hydrogens (tertiary/aromatic N) is 4. The SMILES string of the molecule is c1ccc(-c2nc(CN3CCNCC3c3cccnc3)cs2)nc1. The first-order valence-corrected chi connectivity index (χ1v) is 8.98. The van der Waals surface area contributed by atoms with Crippen LogP contribution in [0, 0.1) is 0 Å². The molecular formula is C18H19N5S. The van der Waals surface area contributed by atoms with Crippen molar-refractivity contribution in [3.05, 3.63) is 65.6 Å². The van der Waals surface area contributed by atoms with E-state index >= 15 is 0 Å². The molecule has 122 valence electrons. The van der Waals surface area contributed by atoms with Crippen LogP contribution >= 0.6 is 11.3 Å². The number of hydrogen-bond donors (Lipinski definition) is 1. The summed E-state index contributed by atoms with van der Waals surface area (Å²) in [5.41, 5.74) is 3.30. The summed E-state index contributed by atoms with van der Waals surface area (Å²) in [6.45, 7) is 3.82. The molecule has 4 heterocycles. The minimum Gasteiger partial charge on any atom is -0.314 e. The molecule has 1 unspecified atom stereocenters. The van der Waals surface area contributed by atoms with Crippen LogP contribution in [0.4, 0.5) is 0 Å². The van der Waals surface area contributed by atoms with Gasteiger partial charge in [-0.05, 0) is 23.8 Å². The Morgan fingerprint density at radius 2 is 2.21 bits per heavy atom. The molecule has 0 amide bonds. The lowest BCUT2D eigenvalue weighted by atomic mass is 10.1. The molecule has 3 aromatic rings. The predicted molar refractivity (Wildman–Crippen MR) is 95.6 cm³/mol. The van der Waals surface area contributed by atoms with E-state index in [0.29, 0.717) is 6.04 Å². The average Bonchev–Trinajstić information content (AvgIpc) is 3.12. The third kappa shape index (κ3) is 3.36. The van der Waals surface area contributed by atoms with E-state index in [0.717, 1.165) is 42.6 Å². The second kappa shape index (κ2) is 7.17. The van der Waals surface area contributed by atoms with Gasteiger partial charge < -0.3 is 5.32 Å². The predicted octanol–water partition coefficient (Wildman–Crippen LogP) is 2.75. The summed E-state index contributed by atoms with van der Waals surface area (Å²) in [7, 11) is 0. The van der Waals surface area contributed by atoms with Gasteiger partial charge in [0.15, 0.2) is 0 Å². The number of thiazole rings is 1. The zero-order valence-corrected chi connectivity index (χ0v) is 14.1. The van der Waals surface area contributed by atoms with E-state index in [2.05, 4.69) is 31.6 Å². The fraction of sp³-hybridized carbons (Fsp3) is 0.278. The molecule has 0 saturated carbocycles. The Balaban J connectivity index is 1.52. The maximum atomic E-state index is 4.78. The molecule has 6 heteroatoms. The van der Waals surface area contributed by atoms with Gasteiger partial charge in [0.1, 0.15) is 5.01 Å². The second-order valence-electron chi connectivity index (χ2n) is 5.84. The molecule has 0 aromatic carbocycles. The molecule has 1 saturated heterocycles. The molecule has 0 spiro atoms. The van der Waals surface area contributed by atoms with Crippen LogP contribution in [0.5, 0.6) is 0 Å². The monoisotopic (exact) mass is 337 g/mol. The normalized spacial score (nSPS) is 18.6. The van der Waals surface area contributed by atoms with Crippen molar-refractivity contribution in [2.24, 2.45) is 0 Å². The van der Waals surface area contributed by atoms with Gasteiger partial charge in [0.2, 0.25) is 0 Å². The third-order valence-electron chi connectivity index (χ3n) is 4.22. The van der Waals surface area contributed by atoms with Crippen molar-refractivity contribution in [3.8, 4) is 10.7 Å². The molecule has 1 fully saturated rings. The van der Waals surface area contributed by atoms with Gasteiger partial charge in [-0.1, -0.05) is 12.1 Å². The Kier molecular flexibility index (Phi) is 4.60. The van der Waals surface area contributed by atoms with Crippen molar-refractivity contribution in [2.45, 2.75) is 12.6 Å². The molecular weight excluding hydrogens is 318 g/mol. The van der Waals surface area contributed by atoms with E-state index in [1.54, 1.807) is 11.3 Å². The van der Waals surface area contributed by atoms with Crippen LogP contribution in [-0.4, -0.2) is 39.5 Å². The quantitative estimate of drug-likeness (QED) is 0.793. The van der Waals surface area contributed by atoms with Crippen molar-refractivity contribution in [1.82, 2.24) is 25.2 Å². The zero-order valence-electron chi connectivity index (χ0n) is 13.3. The van der Waals surface area contributed by atoms with Gasteiger partial charge in [-0.2, -0.15) is 0 Å². The first-order valence-electron chi connectivity index (χ1n) is 8.10. The standard InChI is InChI=1S/C18H19N5S/c1-2-7-21-16(5-1)18-22-15(13-24-18)12-23-9-8-20-11-17(23)14-4-3-6-19-10-14/h1-7,10,13,17,20H,8-9,11-12H2. The number of pyridine rings is 2. The molecule has 5 nitrogen and oxygen atoms in total. The van der Waals surface area contributed by atoms with Crippen LogP contribution in [0.3, 0.4) is 0 Å². The van der Waals surface area contributed by atoms with Crippen LogP contribution in [0.25, 0.3) is 10.7 Å². The summed E-state index contributed by atoms with van der Waals surface area (Å²) >= 11 is 1.66. The number of aromatic nitrogens is 3. The van der Waals surface area contributed by atoms with Crippen molar-refractivity contribution >= 4 is 11.3 Å². The average molecular weight is 337 g/mol. The molecule has 3 aromatic heterocycles. The van der Waals surface area contributed by atoms with Crippen LogP contribution in [0.2, 0.25) is 0 Å². The van der Waals surface area contributed by atoms with Crippen LogP contribution in [0.1, 0.15) is 17.3 Å². The number of nitrogens with one attached hydrogen (secondary N) is 1. The molecule has 0 bridgehead atoms. The Hall–Kier alpha value is -2.15. The maximum absolute atomic E-state index is 4.78. The fourth-order valence-corrected chi connectivity index (χ4v) is 3.82. The van der Waals surface area contributed by atoms with E-state index in [1.165, 1.54) is 5.56 Å². The maximum Gasteiger partial charge on any atom is 0.142 e. The van der Waals surface area contributed by atoms with Gasteiger partial charge in [-0.25, -0.2) is 4.98 Å². The summed E-state index contributed by atoms with van der Waals surface area (Å²) in [6.07, 6.45) is 5.60. The van der Waals surface area contributed by atoms with E-state index in [4.69, 9.17) is 4.98 Å². The smallest absolute Gasteiger partial charge is 0.142 e. The lowest BCUT2D eigenvalue weighted by Gasteiger charge is -2.35. The highest BCUT2D eigenvalue weighted by atomic mass is 32.1. The van der Waals surface area contributed by atoms with Crippen molar-refractivity contribution < 1.29 is 0 Å². The highest BCUT2D eigenvalue weighted by Gasteiger charge is 2.24. The van der Waals surface area contributed by atoms with E-state index in [9.17, 15) is 0 Å². The van der Waals surface area contributed by atoms with E-state index < -0.39 is 0 Å². The Morgan fingerprint density at radius 3 is 3.04 bits per heavy atom. The number of hydrogen-bond acceptors (Lipinski definition) is 6. The van der Waals surface area contributed by atoms with Crippen molar-refractivity contribution in [1.29, 1.82) is 0 Å². The summed E-state index contributed by atoms with van der Waals surface area (Å²) in [5, 5.41) is 6.61. The highest BCUT2D eigenvalue weighted by molar-refractivity contribution is 7.13. The summed E-state index contributed by atoms with van der Waals surface area (Å²) in [4.78, 5) is 15.9. The molecule has 4 rings (SSSR count). The third-order valence-corrected chi connectivity index (χ3v) is 5.14. The lowest BCUT2D eigenvalue weighted by molar-refractivity contribution is 0.152. The largest absolute Gasteiger partial charge is 0.314 e. The molecule has 1 N–H and O–H groups in total. The number of piperazine rings is 1. The summed E-state index contributed by atoms with van der Waals surface area (Å²) in [6, 6.07) is 10.4. The van der Waals surface area contributed by atoms with Crippen LogP contribution in [0.15, 0.2) is 54.3 Å². The Bertz CT molecular complexity index is 774. The molecule has 24 heavy (non-hydrogen) atoms. The van der Waals surface area contributed by atoms with Gasteiger partial charge in [-0.3, -0.25) is 14.9 Å². The molecule has 1 aliphatic rings.